The number of rotatable bonds is 6. The average Bonchev–Trinajstić information content (AvgIpc) is 2.28. The van der Waals surface area contributed by atoms with Crippen molar-refractivity contribution in [2.45, 2.75) is 39.0 Å². The van der Waals surface area contributed by atoms with E-state index in [1.54, 1.807) is 13.8 Å². The third-order valence-corrected chi connectivity index (χ3v) is 3.16. The number of Topliss-reactive ketones (excluding diaryl/α,β-unsaturated/α-hetero) is 1. The van der Waals surface area contributed by atoms with Crippen LogP contribution in [-0.2, 0) is 11.3 Å². The van der Waals surface area contributed by atoms with Gasteiger partial charge in [-0.1, -0.05) is 23.7 Å². The van der Waals surface area contributed by atoms with Gasteiger partial charge in [-0.05, 0) is 45.0 Å². The molecule has 1 N–H and O–H groups in total. The second-order valence-corrected chi connectivity index (χ2v) is 5.19. The van der Waals surface area contributed by atoms with Crippen molar-refractivity contribution in [3.05, 3.63) is 34.9 Å². The molecule has 0 aliphatic rings. The van der Waals surface area contributed by atoms with Gasteiger partial charge in [0, 0.05) is 11.6 Å². The van der Waals surface area contributed by atoms with Crippen molar-refractivity contribution in [1.82, 2.24) is 4.90 Å². The standard InChI is InChI=1S/C14H20ClNO2/c1-10(17)8-14(11(2)18)16(3)9-12-4-6-13(15)7-5-12/h4-7,10,14,17H,8-9H2,1-3H3. The first kappa shape index (κ1) is 15.2. The lowest BCUT2D eigenvalue weighted by Gasteiger charge is -2.27. The van der Waals surface area contributed by atoms with E-state index >= 15 is 0 Å². The monoisotopic (exact) mass is 269 g/mol. The maximum absolute atomic E-state index is 11.6. The maximum atomic E-state index is 11.6. The van der Waals surface area contributed by atoms with Crippen LogP contribution in [0.4, 0.5) is 0 Å². The molecule has 2 unspecified atom stereocenters. The third kappa shape index (κ3) is 4.77. The number of carbonyl (C=O) groups is 1. The van der Waals surface area contributed by atoms with Crippen molar-refractivity contribution >= 4 is 17.4 Å². The maximum Gasteiger partial charge on any atom is 0.146 e. The molecule has 0 spiro atoms. The lowest BCUT2D eigenvalue weighted by atomic mass is 10.0. The molecule has 0 aromatic heterocycles. The first-order valence-electron chi connectivity index (χ1n) is 6.03. The van der Waals surface area contributed by atoms with Crippen LogP contribution in [0, 0.1) is 0 Å². The van der Waals surface area contributed by atoms with Gasteiger partial charge in [0.1, 0.15) is 5.78 Å². The Morgan fingerprint density at radius 1 is 1.39 bits per heavy atom. The van der Waals surface area contributed by atoms with Crippen molar-refractivity contribution in [3.8, 4) is 0 Å². The van der Waals surface area contributed by atoms with E-state index in [-0.39, 0.29) is 11.8 Å². The topological polar surface area (TPSA) is 40.5 Å². The first-order chi connectivity index (χ1) is 8.40. The number of aliphatic hydroxyl groups excluding tert-OH is 1. The summed E-state index contributed by atoms with van der Waals surface area (Å²) in [4.78, 5) is 13.5. The molecule has 100 valence electrons. The smallest absolute Gasteiger partial charge is 0.146 e. The van der Waals surface area contributed by atoms with Crippen LogP contribution in [0.5, 0.6) is 0 Å². The van der Waals surface area contributed by atoms with E-state index in [2.05, 4.69) is 0 Å². The molecule has 0 aliphatic heterocycles. The van der Waals surface area contributed by atoms with E-state index in [1.165, 1.54) is 0 Å². The second kappa shape index (κ2) is 6.88. The van der Waals surface area contributed by atoms with Gasteiger partial charge >= 0.3 is 0 Å². The molecule has 0 saturated heterocycles. The molecular weight excluding hydrogens is 250 g/mol. The second-order valence-electron chi connectivity index (χ2n) is 4.75. The molecule has 0 fully saturated rings. The van der Waals surface area contributed by atoms with Gasteiger partial charge < -0.3 is 5.11 Å². The van der Waals surface area contributed by atoms with Gasteiger partial charge in [-0.3, -0.25) is 9.69 Å². The summed E-state index contributed by atoms with van der Waals surface area (Å²) in [6.07, 6.45) is -0.0223. The molecule has 1 aromatic carbocycles. The number of likely N-dealkylation sites (N-methyl/N-ethyl adjacent to an activating group) is 1. The molecule has 0 radical (unpaired) electrons. The molecule has 0 bridgehead atoms. The molecule has 1 rings (SSSR count). The van der Waals surface area contributed by atoms with Crippen molar-refractivity contribution in [3.63, 3.8) is 0 Å². The molecule has 18 heavy (non-hydrogen) atoms. The van der Waals surface area contributed by atoms with Crippen LogP contribution in [-0.4, -0.2) is 35.0 Å². The Balaban J connectivity index is 2.69. The summed E-state index contributed by atoms with van der Waals surface area (Å²) in [7, 11) is 1.89. The Bertz CT molecular complexity index is 389. The SMILES string of the molecule is CC(=O)C(CC(C)O)N(C)Cc1ccc(Cl)cc1. The largest absolute Gasteiger partial charge is 0.393 e. The predicted molar refractivity (Wildman–Crippen MR) is 73.7 cm³/mol. The van der Waals surface area contributed by atoms with Gasteiger partial charge in [0.15, 0.2) is 0 Å². The molecule has 0 amide bonds. The van der Waals surface area contributed by atoms with E-state index in [0.717, 1.165) is 5.56 Å². The summed E-state index contributed by atoms with van der Waals surface area (Å²) >= 11 is 5.83. The van der Waals surface area contributed by atoms with Crippen LogP contribution in [0.15, 0.2) is 24.3 Å². The molecule has 0 heterocycles. The molecule has 3 nitrogen and oxygen atoms in total. The van der Waals surface area contributed by atoms with Crippen LogP contribution in [0.1, 0.15) is 25.8 Å². The van der Waals surface area contributed by atoms with Gasteiger partial charge in [-0.25, -0.2) is 0 Å². The number of carbonyl (C=O) groups excluding carboxylic acids is 1. The normalized spacial score (nSPS) is 14.6. The van der Waals surface area contributed by atoms with E-state index in [9.17, 15) is 9.90 Å². The minimum absolute atomic E-state index is 0.0763. The number of nitrogens with zero attached hydrogens (tertiary/aromatic N) is 1. The van der Waals surface area contributed by atoms with E-state index < -0.39 is 6.10 Å². The lowest BCUT2D eigenvalue weighted by Crippen LogP contribution is -2.39. The fourth-order valence-electron chi connectivity index (χ4n) is 1.97. The number of benzene rings is 1. The fourth-order valence-corrected chi connectivity index (χ4v) is 2.09. The quantitative estimate of drug-likeness (QED) is 0.863. The number of halogens is 1. The van der Waals surface area contributed by atoms with E-state index in [1.807, 2.05) is 36.2 Å². The van der Waals surface area contributed by atoms with Gasteiger partial charge in [0.25, 0.3) is 0 Å². The lowest BCUT2D eigenvalue weighted by molar-refractivity contribution is -0.122. The highest BCUT2D eigenvalue weighted by molar-refractivity contribution is 6.30. The van der Waals surface area contributed by atoms with Crippen molar-refractivity contribution in [2.75, 3.05) is 7.05 Å². The molecule has 0 aliphatic carbocycles. The zero-order valence-corrected chi connectivity index (χ0v) is 11.8. The highest BCUT2D eigenvalue weighted by Crippen LogP contribution is 2.14. The van der Waals surface area contributed by atoms with Gasteiger partial charge in [0.2, 0.25) is 0 Å². The Morgan fingerprint density at radius 3 is 2.39 bits per heavy atom. The highest BCUT2D eigenvalue weighted by atomic mass is 35.5. The summed E-state index contributed by atoms with van der Waals surface area (Å²) in [6, 6.07) is 7.31. The molecule has 2 atom stereocenters. The van der Waals surface area contributed by atoms with Crippen LogP contribution in [0.2, 0.25) is 5.02 Å². The number of aliphatic hydroxyl groups is 1. The highest BCUT2D eigenvalue weighted by Gasteiger charge is 2.21. The van der Waals surface area contributed by atoms with Crippen molar-refractivity contribution < 1.29 is 9.90 Å². The molecule has 4 heteroatoms. The van der Waals surface area contributed by atoms with Gasteiger partial charge in [-0.2, -0.15) is 0 Å². The van der Waals surface area contributed by atoms with Crippen LogP contribution >= 0.6 is 11.6 Å². The Kier molecular flexibility index (Phi) is 5.79. The minimum Gasteiger partial charge on any atom is -0.393 e. The Morgan fingerprint density at radius 2 is 1.94 bits per heavy atom. The van der Waals surface area contributed by atoms with E-state index in [0.29, 0.717) is 18.0 Å². The summed E-state index contributed by atoms with van der Waals surface area (Å²) in [5.74, 6) is 0.0763. The van der Waals surface area contributed by atoms with Crippen molar-refractivity contribution in [1.29, 1.82) is 0 Å². The van der Waals surface area contributed by atoms with Crippen LogP contribution in [0.25, 0.3) is 0 Å². The summed E-state index contributed by atoms with van der Waals surface area (Å²) < 4.78 is 0. The molecule has 1 aromatic rings. The van der Waals surface area contributed by atoms with E-state index in [4.69, 9.17) is 11.6 Å². The zero-order valence-electron chi connectivity index (χ0n) is 11.1. The number of hydrogen-bond acceptors (Lipinski definition) is 3. The number of ketones is 1. The fraction of sp³-hybridized carbons (Fsp3) is 0.500. The van der Waals surface area contributed by atoms with Gasteiger partial charge in [-0.15, -0.1) is 0 Å². The predicted octanol–water partition coefficient (Wildman–Crippen LogP) is 2.50. The average molecular weight is 270 g/mol. The summed E-state index contributed by atoms with van der Waals surface area (Å²) in [5, 5.41) is 10.1. The number of hydrogen-bond donors (Lipinski definition) is 1. The third-order valence-electron chi connectivity index (χ3n) is 2.91. The molecular formula is C14H20ClNO2. The summed E-state index contributed by atoms with van der Waals surface area (Å²) in [5.41, 5.74) is 1.10. The zero-order chi connectivity index (χ0) is 13.7. The van der Waals surface area contributed by atoms with Crippen molar-refractivity contribution in [2.24, 2.45) is 0 Å². The van der Waals surface area contributed by atoms with Gasteiger partial charge in [0.05, 0.1) is 12.1 Å². The van der Waals surface area contributed by atoms with Crippen LogP contribution in [0.3, 0.4) is 0 Å². The van der Waals surface area contributed by atoms with Crippen LogP contribution < -0.4 is 0 Å². The Labute approximate surface area is 113 Å². The first-order valence-corrected chi connectivity index (χ1v) is 6.41. The summed E-state index contributed by atoms with van der Waals surface area (Å²) in [6.45, 7) is 3.92. The minimum atomic E-state index is -0.480. The Hall–Kier alpha value is -0.900. The molecule has 0 saturated carbocycles.